The second-order valence-corrected chi connectivity index (χ2v) is 12.2. The molecule has 0 N–H and O–H groups in total. The molecule has 0 rings (SSSR count). The van der Waals surface area contributed by atoms with Gasteiger partial charge in [-0.1, -0.05) is 66.2 Å². The average Bonchev–Trinajstić information content (AvgIpc) is 2.64. The Morgan fingerprint density at radius 1 is 0.680 bits per heavy atom. The SMILES string of the molecule is CCCCN(CCCC)CCO[Si](CCCC)(CCCC)CCCS. The molecule has 2 nitrogen and oxygen atoms in total. The van der Waals surface area contributed by atoms with Crippen molar-refractivity contribution >= 4 is 20.9 Å². The Bertz CT molecular complexity index is 249. The second-order valence-electron chi connectivity index (χ2n) is 7.61. The summed E-state index contributed by atoms with van der Waals surface area (Å²) in [7, 11) is -1.56. The molecule has 0 aliphatic rings. The minimum atomic E-state index is -1.56. The van der Waals surface area contributed by atoms with Gasteiger partial charge < -0.3 is 9.33 Å². The van der Waals surface area contributed by atoms with Crippen LogP contribution in [-0.2, 0) is 4.43 Å². The molecule has 0 aliphatic carbocycles. The number of hydrogen-bond acceptors (Lipinski definition) is 3. The Morgan fingerprint density at radius 2 is 1.16 bits per heavy atom. The summed E-state index contributed by atoms with van der Waals surface area (Å²) in [5, 5.41) is 0. The maximum absolute atomic E-state index is 6.79. The van der Waals surface area contributed by atoms with E-state index in [0.717, 1.165) is 18.9 Å². The maximum atomic E-state index is 6.79. The smallest absolute Gasteiger partial charge is 0.192 e. The van der Waals surface area contributed by atoms with E-state index in [1.807, 2.05) is 0 Å². The highest BCUT2D eigenvalue weighted by Crippen LogP contribution is 2.29. The molecule has 0 aliphatic heterocycles. The van der Waals surface area contributed by atoms with Crippen molar-refractivity contribution < 1.29 is 4.43 Å². The first-order valence-electron chi connectivity index (χ1n) is 11.1. The van der Waals surface area contributed by atoms with Gasteiger partial charge in [0.05, 0.1) is 0 Å². The quantitative estimate of drug-likeness (QED) is 0.193. The first-order chi connectivity index (χ1) is 12.2. The molecular formula is C21H47NOSSi. The van der Waals surface area contributed by atoms with Crippen molar-refractivity contribution in [3.63, 3.8) is 0 Å². The normalized spacial score (nSPS) is 12.2. The summed E-state index contributed by atoms with van der Waals surface area (Å²) in [5.41, 5.74) is 0. The number of rotatable bonds is 19. The highest BCUT2D eigenvalue weighted by Gasteiger charge is 2.33. The molecule has 0 spiro atoms. The molecule has 152 valence electrons. The van der Waals surface area contributed by atoms with Crippen molar-refractivity contribution in [1.82, 2.24) is 4.90 Å². The summed E-state index contributed by atoms with van der Waals surface area (Å²) in [5.74, 6) is 1.01. The Morgan fingerprint density at radius 3 is 1.60 bits per heavy atom. The lowest BCUT2D eigenvalue weighted by atomic mass is 10.2. The van der Waals surface area contributed by atoms with Crippen LogP contribution in [0.2, 0.25) is 18.1 Å². The van der Waals surface area contributed by atoms with E-state index in [1.54, 1.807) is 0 Å². The molecular weight excluding hydrogens is 342 g/mol. The standard InChI is InChI=1S/C21H47NOSSi/c1-5-9-14-22(15-10-6-2)16-17-23-25(19-11-7-3,20-12-8-4)21-13-18-24/h24H,5-21H2,1-4H3. The van der Waals surface area contributed by atoms with Gasteiger partial charge >= 0.3 is 0 Å². The maximum Gasteiger partial charge on any atom is 0.192 e. The van der Waals surface area contributed by atoms with Crippen LogP contribution in [0, 0.1) is 0 Å². The first kappa shape index (κ1) is 25.5. The van der Waals surface area contributed by atoms with Gasteiger partial charge in [0.1, 0.15) is 0 Å². The van der Waals surface area contributed by atoms with E-state index in [2.05, 4.69) is 45.2 Å². The van der Waals surface area contributed by atoms with Gasteiger partial charge in [-0.2, -0.15) is 12.6 Å². The molecule has 0 aromatic heterocycles. The van der Waals surface area contributed by atoms with Gasteiger partial charge in [0.25, 0.3) is 0 Å². The number of hydrogen-bond donors (Lipinski definition) is 1. The van der Waals surface area contributed by atoms with Gasteiger partial charge in [0, 0.05) is 13.2 Å². The molecule has 0 unspecified atom stereocenters. The van der Waals surface area contributed by atoms with E-state index >= 15 is 0 Å². The van der Waals surface area contributed by atoms with Crippen LogP contribution in [0.5, 0.6) is 0 Å². The minimum absolute atomic E-state index is 0.958. The third-order valence-corrected chi connectivity index (χ3v) is 10.2. The summed E-state index contributed by atoms with van der Waals surface area (Å²) in [6.07, 6.45) is 11.7. The summed E-state index contributed by atoms with van der Waals surface area (Å²) in [6.45, 7) is 13.8. The molecule has 0 aromatic rings. The van der Waals surface area contributed by atoms with Crippen molar-refractivity contribution in [2.75, 3.05) is 32.0 Å². The fourth-order valence-corrected chi connectivity index (χ4v) is 8.46. The lowest BCUT2D eigenvalue weighted by Gasteiger charge is -2.33. The molecule has 0 saturated carbocycles. The van der Waals surface area contributed by atoms with Gasteiger partial charge in [-0.05, 0) is 56.2 Å². The van der Waals surface area contributed by atoms with Crippen LogP contribution in [0.4, 0.5) is 0 Å². The topological polar surface area (TPSA) is 12.5 Å². The van der Waals surface area contributed by atoms with Gasteiger partial charge in [-0.3, -0.25) is 0 Å². The van der Waals surface area contributed by atoms with E-state index in [-0.39, 0.29) is 0 Å². The molecule has 0 saturated heterocycles. The van der Waals surface area contributed by atoms with Crippen LogP contribution >= 0.6 is 12.6 Å². The van der Waals surface area contributed by atoms with Crippen LogP contribution in [0.1, 0.15) is 85.5 Å². The Hall–Kier alpha value is 0.487. The zero-order valence-electron chi connectivity index (χ0n) is 17.8. The first-order valence-corrected chi connectivity index (χ1v) is 14.3. The van der Waals surface area contributed by atoms with Gasteiger partial charge in [-0.15, -0.1) is 0 Å². The molecule has 0 amide bonds. The fourth-order valence-electron chi connectivity index (χ4n) is 3.48. The van der Waals surface area contributed by atoms with E-state index in [9.17, 15) is 0 Å². The third kappa shape index (κ3) is 13.3. The number of thiol groups is 1. The lowest BCUT2D eigenvalue weighted by molar-refractivity contribution is 0.196. The largest absolute Gasteiger partial charge is 0.416 e. The molecule has 0 aromatic carbocycles. The highest BCUT2D eigenvalue weighted by molar-refractivity contribution is 7.80. The molecule has 0 fully saturated rings. The van der Waals surface area contributed by atoms with Crippen LogP contribution < -0.4 is 0 Å². The average molecular weight is 390 g/mol. The van der Waals surface area contributed by atoms with Gasteiger partial charge in [0.2, 0.25) is 0 Å². The van der Waals surface area contributed by atoms with Crippen molar-refractivity contribution in [2.45, 2.75) is 104 Å². The van der Waals surface area contributed by atoms with Crippen LogP contribution in [0.25, 0.3) is 0 Å². The number of unbranched alkanes of at least 4 members (excludes halogenated alkanes) is 4. The molecule has 4 heteroatoms. The Kier molecular flexibility index (Phi) is 18.2. The van der Waals surface area contributed by atoms with Crippen molar-refractivity contribution in [1.29, 1.82) is 0 Å². The summed E-state index contributed by atoms with van der Waals surface area (Å²) in [4.78, 5) is 2.64. The Labute approximate surface area is 166 Å². The van der Waals surface area contributed by atoms with Crippen LogP contribution in [0.15, 0.2) is 0 Å². The van der Waals surface area contributed by atoms with Crippen molar-refractivity contribution in [3.8, 4) is 0 Å². The molecule has 25 heavy (non-hydrogen) atoms. The predicted molar refractivity (Wildman–Crippen MR) is 121 cm³/mol. The predicted octanol–water partition coefficient (Wildman–Crippen LogP) is 6.77. The van der Waals surface area contributed by atoms with Crippen molar-refractivity contribution in [2.24, 2.45) is 0 Å². The minimum Gasteiger partial charge on any atom is -0.416 e. The molecule has 0 atom stereocenters. The van der Waals surface area contributed by atoms with Crippen molar-refractivity contribution in [3.05, 3.63) is 0 Å². The van der Waals surface area contributed by atoms with E-state index in [1.165, 1.54) is 89.0 Å². The molecule has 0 bridgehead atoms. The summed E-state index contributed by atoms with van der Waals surface area (Å²) >= 11 is 4.47. The van der Waals surface area contributed by atoms with Crippen LogP contribution in [0.3, 0.4) is 0 Å². The lowest BCUT2D eigenvalue weighted by Crippen LogP contribution is -2.41. The monoisotopic (exact) mass is 389 g/mol. The Balaban J connectivity index is 4.64. The third-order valence-electron chi connectivity index (χ3n) is 5.23. The highest BCUT2D eigenvalue weighted by atomic mass is 32.1. The second kappa shape index (κ2) is 17.9. The zero-order valence-corrected chi connectivity index (χ0v) is 19.7. The number of nitrogens with zero attached hydrogens (tertiary/aromatic N) is 1. The van der Waals surface area contributed by atoms with Gasteiger partial charge in [0.15, 0.2) is 8.32 Å². The fraction of sp³-hybridized carbons (Fsp3) is 1.00. The molecule has 0 radical (unpaired) electrons. The van der Waals surface area contributed by atoms with Crippen LogP contribution in [-0.4, -0.2) is 45.2 Å². The summed E-state index contributed by atoms with van der Waals surface area (Å²) in [6, 6.07) is 4.04. The van der Waals surface area contributed by atoms with E-state index < -0.39 is 8.32 Å². The molecule has 0 heterocycles. The van der Waals surface area contributed by atoms with E-state index in [4.69, 9.17) is 4.43 Å². The summed E-state index contributed by atoms with van der Waals surface area (Å²) < 4.78 is 6.79. The van der Waals surface area contributed by atoms with Gasteiger partial charge in [-0.25, -0.2) is 0 Å². The zero-order chi connectivity index (χ0) is 18.8. The van der Waals surface area contributed by atoms with E-state index in [0.29, 0.717) is 0 Å².